The summed E-state index contributed by atoms with van der Waals surface area (Å²) in [6.45, 7) is 3.86. The lowest BCUT2D eigenvalue weighted by Gasteiger charge is -2.13. The Balaban J connectivity index is 1.82. The van der Waals surface area contributed by atoms with Gasteiger partial charge in [-0.2, -0.15) is 5.10 Å². The Morgan fingerprint density at radius 3 is 2.60 bits per heavy atom. The van der Waals surface area contributed by atoms with Crippen LogP contribution in [-0.2, 0) is 0 Å². The van der Waals surface area contributed by atoms with Crippen molar-refractivity contribution in [3.63, 3.8) is 0 Å². The maximum Gasteiger partial charge on any atom is 0.252 e. The van der Waals surface area contributed by atoms with Crippen molar-refractivity contribution in [3.05, 3.63) is 53.3 Å². The molecule has 0 bridgehead atoms. The molecular weight excluding hydrogens is 312 g/mol. The average molecular weight is 334 g/mol. The summed E-state index contributed by atoms with van der Waals surface area (Å²) in [4.78, 5) is 17.6. The number of nitrogens with one attached hydrogen (secondary N) is 1. The van der Waals surface area contributed by atoms with Crippen molar-refractivity contribution in [2.24, 2.45) is 0 Å². The smallest absolute Gasteiger partial charge is 0.252 e. The van der Waals surface area contributed by atoms with Crippen LogP contribution in [0.3, 0.4) is 0 Å². The highest BCUT2D eigenvalue weighted by Crippen LogP contribution is 2.26. The van der Waals surface area contributed by atoms with Crippen LogP contribution in [0.2, 0.25) is 0 Å². The van der Waals surface area contributed by atoms with Gasteiger partial charge in [0.25, 0.3) is 5.91 Å². The Hall–Kier alpha value is -2.69. The number of para-hydroxylation sites is 1. The normalized spacial score (nSPS) is 15.0. The van der Waals surface area contributed by atoms with E-state index >= 15 is 0 Å². The van der Waals surface area contributed by atoms with Crippen molar-refractivity contribution >= 4 is 16.9 Å². The second kappa shape index (κ2) is 6.31. The average Bonchev–Trinajstić information content (AvgIpc) is 3.23. The van der Waals surface area contributed by atoms with Gasteiger partial charge in [0.05, 0.1) is 22.3 Å². The van der Waals surface area contributed by atoms with Crippen LogP contribution in [0.5, 0.6) is 0 Å². The summed E-state index contributed by atoms with van der Waals surface area (Å²) in [6, 6.07) is 12.1. The molecule has 4 rings (SSSR count). The predicted octanol–water partition coefficient (Wildman–Crippen LogP) is 3.71. The van der Waals surface area contributed by atoms with E-state index in [1.807, 2.05) is 54.9 Å². The molecule has 2 aromatic heterocycles. The maximum atomic E-state index is 12.9. The summed E-state index contributed by atoms with van der Waals surface area (Å²) in [5.74, 6) is -0.0156. The van der Waals surface area contributed by atoms with Gasteiger partial charge in [-0.15, -0.1) is 0 Å². The summed E-state index contributed by atoms with van der Waals surface area (Å²) in [5, 5.41) is 8.68. The fourth-order valence-corrected chi connectivity index (χ4v) is 3.68. The Morgan fingerprint density at radius 1 is 1.16 bits per heavy atom. The van der Waals surface area contributed by atoms with Gasteiger partial charge >= 0.3 is 0 Å². The highest BCUT2D eigenvalue weighted by Gasteiger charge is 2.22. The zero-order chi connectivity index (χ0) is 17.4. The second-order valence-corrected chi connectivity index (χ2v) is 6.80. The van der Waals surface area contributed by atoms with E-state index in [0.717, 1.165) is 41.0 Å². The predicted molar refractivity (Wildman–Crippen MR) is 98.1 cm³/mol. The van der Waals surface area contributed by atoms with Gasteiger partial charge in [0.1, 0.15) is 0 Å². The third-order valence-corrected chi connectivity index (χ3v) is 4.88. The van der Waals surface area contributed by atoms with E-state index in [4.69, 9.17) is 0 Å². The molecule has 0 aliphatic heterocycles. The Bertz CT molecular complexity index is 924. The molecule has 0 atom stereocenters. The molecule has 0 spiro atoms. The number of hydrogen-bond acceptors (Lipinski definition) is 3. The van der Waals surface area contributed by atoms with Crippen molar-refractivity contribution in [2.45, 2.75) is 45.6 Å². The Kier molecular flexibility index (Phi) is 3.99. The van der Waals surface area contributed by atoms with Crippen LogP contribution >= 0.6 is 0 Å². The number of fused-ring (bicyclic) bond motifs is 1. The summed E-state index contributed by atoms with van der Waals surface area (Å²) in [5.41, 5.74) is 4.00. The minimum Gasteiger partial charge on any atom is -0.349 e. The minimum absolute atomic E-state index is 0.0156. The van der Waals surface area contributed by atoms with Crippen LogP contribution in [0.1, 0.15) is 47.4 Å². The molecule has 2 heterocycles. The number of pyridine rings is 1. The van der Waals surface area contributed by atoms with Crippen LogP contribution in [0, 0.1) is 13.8 Å². The number of aromatic nitrogens is 3. The molecule has 0 unspecified atom stereocenters. The van der Waals surface area contributed by atoms with E-state index in [-0.39, 0.29) is 5.91 Å². The molecule has 5 heteroatoms. The van der Waals surface area contributed by atoms with Crippen LogP contribution in [0.4, 0.5) is 0 Å². The molecule has 0 saturated heterocycles. The van der Waals surface area contributed by atoms with E-state index in [0.29, 0.717) is 11.6 Å². The molecular formula is C20H22N4O. The second-order valence-electron chi connectivity index (χ2n) is 6.80. The number of carbonyl (C=O) groups excluding carboxylic acids is 1. The lowest BCUT2D eigenvalue weighted by molar-refractivity contribution is 0.0939. The quantitative estimate of drug-likeness (QED) is 0.794. The van der Waals surface area contributed by atoms with Gasteiger partial charge in [-0.3, -0.25) is 4.79 Å². The monoisotopic (exact) mass is 334 g/mol. The number of amides is 1. The van der Waals surface area contributed by atoms with Gasteiger partial charge < -0.3 is 5.32 Å². The topological polar surface area (TPSA) is 59.8 Å². The lowest BCUT2D eigenvalue weighted by atomic mass is 10.1. The molecule has 3 aromatic rings. The third-order valence-electron chi connectivity index (χ3n) is 4.88. The molecule has 5 nitrogen and oxygen atoms in total. The Labute approximate surface area is 147 Å². The zero-order valence-electron chi connectivity index (χ0n) is 14.6. The number of nitrogens with zero attached hydrogens (tertiary/aromatic N) is 3. The van der Waals surface area contributed by atoms with E-state index in [1.54, 1.807) is 0 Å². The first kappa shape index (κ1) is 15.8. The van der Waals surface area contributed by atoms with Crippen molar-refractivity contribution in [3.8, 4) is 5.69 Å². The fraction of sp³-hybridized carbons (Fsp3) is 0.350. The summed E-state index contributed by atoms with van der Waals surface area (Å²) in [6.07, 6.45) is 4.53. The largest absolute Gasteiger partial charge is 0.349 e. The SMILES string of the molecule is Cc1cc(C(=O)NC2CCCC2)c2c(C)nn(-c3ccccc3)c2n1. The summed E-state index contributed by atoms with van der Waals surface area (Å²) >= 11 is 0. The molecule has 1 aromatic carbocycles. The minimum atomic E-state index is -0.0156. The number of aryl methyl sites for hydroxylation is 2. The van der Waals surface area contributed by atoms with E-state index < -0.39 is 0 Å². The van der Waals surface area contributed by atoms with E-state index in [9.17, 15) is 4.79 Å². The highest BCUT2D eigenvalue weighted by molar-refractivity contribution is 6.06. The Morgan fingerprint density at radius 2 is 1.88 bits per heavy atom. The van der Waals surface area contributed by atoms with Gasteiger partial charge in [-0.25, -0.2) is 9.67 Å². The third kappa shape index (κ3) is 2.90. The van der Waals surface area contributed by atoms with E-state index in [2.05, 4.69) is 15.4 Å². The molecule has 1 saturated carbocycles. The van der Waals surface area contributed by atoms with Crippen molar-refractivity contribution in [1.29, 1.82) is 0 Å². The van der Waals surface area contributed by atoms with Gasteiger partial charge in [-0.05, 0) is 44.9 Å². The number of rotatable bonds is 3. The van der Waals surface area contributed by atoms with Gasteiger partial charge in [-0.1, -0.05) is 31.0 Å². The van der Waals surface area contributed by atoms with Crippen LogP contribution in [0.25, 0.3) is 16.7 Å². The highest BCUT2D eigenvalue weighted by atomic mass is 16.1. The van der Waals surface area contributed by atoms with Crippen LogP contribution < -0.4 is 5.32 Å². The first-order valence-corrected chi connectivity index (χ1v) is 8.87. The molecule has 1 amide bonds. The van der Waals surface area contributed by atoms with Gasteiger partial charge in [0.15, 0.2) is 5.65 Å². The first-order chi connectivity index (χ1) is 12.1. The molecule has 1 fully saturated rings. The van der Waals surface area contributed by atoms with Gasteiger partial charge in [0.2, 0.25) is 0 Å². The number of hydrogen-bond donors (Lipinski definition) is 1. The molecule has 0 radical (unpaired) electrons. The van der Waals surface area contributed by atoms with E-state index in [1.165, 1.54) is 12.8 Å². The number of benzene rings is 1. The summed E-state index contributed by atoms with van der Waals surface area (Å²) in [7, 11) is 0. The molecule has 1 aliphatic rings. The van der Waals surface area contributed by atoms with Crippen molar-refractivity contribution < 1.29 is 4.79 Å². The number of carbonyl (C=O) groups is 1. The van der Waals surface area contributed by atoms with Crippen molar-refractivity contribution in [2.75, 3.05) is 0 Å². The molecule has 128 valence electrons. The van der Waals surface area contributed by atoms with Crippen LogP contribution in [0.15, 0.2) is 36.4 Å². The maximum absolute atomic E-state index is 12.9. The van der Waals surface area contributed by atoms with Gasteiger partial charge in [0, 0.05) is 11.7 Å². The van der Waals surface area contributed by atoms with Crippen molar-refractivity contribution in [1.82, 2.24) is 20.1 Å². The molecule has 1 aliphatic carbocycles. The summed E-state index contributed by atoms with van der Waals surface area (Å²) < 4.78 is 1.82. The first-order valence-electron chi connectivity index (χ1n) is 8.87. The standard InChI is InChI=1S/C20H22N4O/c1-13-12-17(20(25)22-15-8-6-7-9-15)18-14(2)23-24(19(18)21-13)16-10-4-3-5-11-16/h3-5,10-12,15H,6-9H2,1-2H3,(H,22,25). The molecule has 25 heavy (non-hydrogen) atoms. The molecule has 1 N–H and O–H groups in total. The zero-order valence-corrected chi connectivity index (χ0v) is 14.6. The fourth-order valence-electron chi connectivity index (χ4n) is 3.68. The van der Waals surface area contributed by atoms with Crippen LogP contribution in [-0.4, -0.2) is 26.7 Å². The lowest BCUT2D eigenvalue weighted by Crippen LogP contribution is -2.32.